The quantitative estimate of drug-likeness (QED) is 0.773. The second-order valence-electron chi connectivity index (χ2n) is 5.68. The molecule has 0 spiro atoms. The molecule has 2 rings (SSSR count). The fourth-order valence-corrected chi connectivity index (χ4v) is 3.22. The van der Waals surface area contributed by atoms with Gasteiger partial charge in [0.15, 0.2) is 0 Å². The molecule has 104 valence electrons. The molecule has 1 aliphatic heterocycles. The molecule has 0 N–H and O–H groups in total. The maximum absolute atomic E-state index is 12.7. The SMILES string of the molecule is CC1CC(C)C(C)N(C(=O)c2cc(S)ccc2Cl)C1. The maximum atomic E-state index is 12.7. The van der Waals surface area contributed by atoms with Crippen LogP contribution in [0.2, 0.25) is 5.02 Å². The van der Waals surface area contributed by atoms with Crippen molar-refractivity contribution in [3.8, 4) is 0 Å². The topological polar surface area (TPSA) is 20.3 Å². The van der Waals surface area contributed by atoms with Gasteiger partial charge in [-0.3, -0.25) is 4.79 Å². The lowest BCUT2D eigenvalue weighted by molar-refractivity contribution is 0.0455. The van der Waals surface area contributed by atoms with E-state index in [9.17, 15) is 4.79 Å². The molecule has 0 aromatic heterocycles. The van der Waals surface area contributed by atoms with E-state index in [4.69, 9.17) is 11.6 Å². The van der Waals surface area contributed by atoms with Crippen LogP contribution in [0, 0.1) is 11.8 Å². The first-order valence-electron chi connectivity index (χ1n) is 6.69. The molecule has 4 heteroatoms. The van der Waals surface area contributed by atoms with Gasteiger partial charge in [0.25, 0.3) is 5.91 Å². The van der Waals surface area contributed by atoms with Crippen LogP contribution in [0.5, 0.6) is 0 Å². The first-order chi connectivity index (χ1) is 8.90. The Kier molecular flexibility index (Phi) is 4.46. The lowest BCUT2D eigenvalue weighted by atomic mass is 9.85. The highest BCUT2D eigenvalue weighted by atomic mass is 35.5. The van der Waals surface area contributed by atoms with Crippen molar-refractivity contribution in [1.82, 2.24) is 4.90 Å². The highest BCUT2D eigenvalue weighted by molar-refractivity contribution is 7.80. The first kappa shape index (κ1) is 14.7. The Morgan fingerprint density at radius 1 is 1.37 bits per heavy atom. The number of hydrogen-bond donors (Lipinski definition) is 1. The lowest BCUT2D eigenvalue weighted by Gasteiger charge is -2.41. The third-order valence-corrected chi connectivity index (χ3v) is 4.65. The van der Waals surface area contributed by atoms with Crippen LogP contribution in [-0.4, -0.2) is 23.4 Å². The van der Waals surface area contributed by atoms with Crippen LogP contribution in [0.3, 0.4) is 0 Å². The number of piperidine rings is 1. The molecule has 19 heavy (non-hydrogen) atoms. The number of rotatable bonds is 1. The van der Waals surface area contributed by atoms with Crippen molar-refractivity contribution in [2.24, 2.45) is 11.8 Å². The molecule has 1 amide bonds. The number of thiol groups is 1. The largest absolute Gasteiger partial charge is 0.335 e. The van der Waals surface area contributed by atoms with Crippen molar-refractivity contribution >= 4 is 30.1 Å². The van der Waals surface area contributed by atoms with Crippen LogP contribution in [0.15, 0.2) is 23.1 Å². The highest BCUT2D eigenvalue weighted by Crippen LogP contribution is 2.30. The Morgan fingerprint density at radius 2 is 2.05 bits per heavy atom. The van der Waals surface area contributed by atoms with Gasteiger partial charge < -0.3 is 4.90 Å². The molecule has 0 saturated carbocycles. The average molecular weight is 298 g/mol. The van der Waals surface area contributed by atoms with Crippen molar-refractivity contribution in [2.75, 3.05) is 6.54 Å². The van der Waals surface area contributed by atoms with Crippen molar-refractivity contribution in [2.45, 2.75) is 38.1 Å². The summed E-state index contributed by atoms with van der Waals surface area (Å²) < 4.78 is 0. The Balaban J connectivity index is 2.30. The molecule has 2 nitrogen and oxygen atoms in total. The Labute approximate surface area is 125 Å². The van der Waals surface area contributed by atoms with E-state index in [1.165, 1.54) is 6.42 Å². The predicted octanol–water partition coefficient (Wildman–Crippen LogP) is 4.14. The number of carbonyl (C=O) groups is 1. The average Bonchev–Trinajstić information content (AvgIpc) is 2.36. The third-order valence-electron chi connectivity index (χ3n) is 4.04. The summed E-state index contributed by atoms with van der Waals surface area (Å²) in [5, 5.41) is 0.501. The number of likely N-dealkylation sites (tertiary alicyclic amines) is 1. The molecule has 0 aliphatic carbocycles. The van der Waals surface area contributed by atoms with Gasteiger partial charge in [0.2, 0.25) is 0 Å². The Bertz CT molecular complexity index is 491. The molecule has 1 saturated heterocycles. The van der Waals surface area contributed by atoms with E-state index in [0.717, 1.165) is 11.4 Å². The first-order valence-corrected chi connectivity index (χ1v) is 7.52. The molecule has 1 aromatic carbocycles. The zero-order valence-corrected chi connectivity index (χ0v) is 13.2. The highest BCUT2D eigenvalue weighted by Gasteiger charge is 2.33. The fourth-order valence-electron chi connectivity index (χ4n) is 2.82. The van der Waals surface area contributed by atoms with Crippen LogP contribution >= 0.6 is 24.2 Å². The van der Waals surface area contributed by atoms with Crippen molar-refractivity contribution in [3.05, 3.63) is 28.8 Å². The van der Waals surface area contributed by atoms with Crippen LogP contribution in [0.25, 0.3) is 0 Å². The minimum Gasteiger partial charge on any atom is -0.335 e. The summed E-state index contributed by atoms with van der Waals surface area (Å²) in [6, 6.07) is 5.54. The molecular formula is C15H20ClNOS. The van der Waals surface area contributed by atoms with Gasteiger partial charge in [-0.2, -0.15) is 0 Å². The molecule has 1 aromatic rings. The second-order valence-corrected chi connectivity index (χ2v) is 6.60. The fraction of sp³-hybridized carbons (Fsp3) is 0.533. The number of benzene rings is 1. The number of amides is 1. The zero-order valence-electron chi connectivity index (χ0n) is 11.6. The van der Waals surface area contributed by atoms with E-state index in [0.29, 0.717) is 22.4 Å². The molecular weight excluding hydrogens is 278 g/mol. The smallest absolute Gasteiger partial charge is 0.255 e. The van der Waals surface area contributed by atoms with E-state index >= 15 is 0 Å². The van der Waals surface area contributed by atoms with E-state index in [1.807, 2.05) is 4.90 Å². The molecule has 1 aliphatic rings. The summed E-state index contributed by atoms with van der Waals surface area (Å²) in [7, 11) is 0. The van der Waals surface area contributed by atoms with Gasteiger partial charge in [-0.25, -0.2) is 0 Å². The van der Waals surface area contributed by atoms with Gasteiger partial charge >= 0.3 is 0 Å². The van der Waals surface area contributed by atoms with Gasteiger partial charge in [-0.05, 0) is 43.4 Å². The molecule has 0 bridgehead atoms. The van der Waals surface area contributed by atoms with Crippen molar-refractivity contribution < 1.29 is 4.79 Å². The predicted molar refractivity (Wildman–Crippen MR) is 82.1 cm³/mol. The van der Waals surface area contributed by atoms with E-state index in [-0.39, 0.29) is 11.9 Å². The van der Waals surface area contributed by atoms with Gasteiger partial charge in [0, 0.05) is 17.5 Å². The molecule has 3 unspecified atom stereocenters. The summed E-state index contributed by atoms with van der Waals surface area (Å²) in [6.45, 7) is 7.32. The van der Waals surface area contributed by atoms with E-state index in [1.54, 1.807) is 18.2 Å². The summed E-state index contributed by atoms with van der Waals surface area (Å²) in [6.07, 6.45) is 1.17. The van der Waals surface area contributed by atoms with Gasteiger partial charge in [0.05, 0.1) is 10.6 Å². The van der Waals surface area contributed by atoms with Crippen molar-refractivity contribution in [1.29, 1.82) is 0 Å². The van der Waals surface area contributed by atoms with Crippen LogP contribution in [0.4, 0.5) is 0 Å². The molecule has 1 heterocycles. The standard InChI is InChI=1S/C15H20ClNOS/c1-9-6-10(2)11(3)17(8-9)15(18)13-7-12(19)4-5-14(13)16/h4-5,7,9-11,19H,6,8H2,1-3H3. The summed E-state index contributed by atoms with van der Waals surface area (Å²) >= 11 is 10.4. The lowest BCUT2D eigenvalue weighted by Crippen LogP contribution is -2.48. The van der Waals surface area contributed by atoms with Gasteiger partial charge in [-0.15, -0.1) is 12.6 Å². The van der Waals surface area contributed by atoms with Gasteiger partial charge in [-0.1, -0.05) is 25.4 Å². The summed E-state index contributed by atoms with van der Waals surface area (Å²) in [5.41, 5.74) is 0.558. The van der Waals surface area contributed by atoms with Crippen molar-refractivity contribution in [3.63, 3.8) is 0 Å². The second kappa shape index (κ2) is 5.76. The number of hydrogen-bond acceptors (Lipinski definition) is 2. The van der Waals surface area contributed by atoms with Crippen LogP contribution in [-0.2, 0) is 0 Å². The minimum atomic E-state index is 0.0202. The third kappa shape index (κ3) is 3.09. The summed E-state index contributed by atoms with van der Waals surface area (Å²) in [4.78, 5) is 15.4. The number of carbonyl (C=O) groups excluding carboxylic acids is 1. The molecule has 3 atom stereocenters. The zero-order chi connectivity index (χ0) is 14.2. The van der Waals surface area contributed by atoms with Crippen LogP contribution < -0.4 is 0 Å². The molecule has 1 fully saturated rings. The normalized spacial score (nSPS) is 27.4. The number of nitrogens with zero attached hydrogens (tertiary/aromatic N) is 1. The Hall–Kier alpha value is -0.670. The van der Waals surface area contributed by atoms with Crippen LogP contribution in [0.1, 0.15) is 37.6 Å². The van der Waals surface area contributed by atoms with E-state index < -0.39 is 0 Å². The molecule has 0 radical (unpaired) electrons. The minimum absolute atomic E-state index is 0.0202. The Morgan fingerprint density at radius 3 is 2.74 bits per heavy atom. The van der Waals surface area contributed by atoms with E-state index in [2.05, 4.69) is 33.4 Å². The maximum Gasteiger partial charge on any atom is 0.255 e. The van der Waals surface area contributed by atoms with Gasteiger partial charge in [0.1, 0.15) is 0 Å². The monoisotopic (exact) mass is 297 g/mol. The number of halogens is 1. The summed E-state index contributed by atoms with van der Waals surface area (Å²) in [5.74, 6) is 1.07.